The SMILES string of the molecule is CC(C)C[C@H](NC(=O)CN(C)C)c1nnc2n1CCN(C(=O)/C=C/c1cccs1)CC2. The highest BCUT2D eigenvalue weighted by Crippen LogP contribution is 2.22. The number of fused-ring (bicyclic) bond motifs is 1. The first-order valence-electron chi connectivity index (χ1n) is 10.7. The maximum atomic E-state index is 12.7. The molecule has 0 aliphatic carbocycles. The Morgan fingerprint density at radius 2 is 2.06 bits per heavy atom. The lowest BCUT2D eigenvalue weighted by atomic mass is 10.0. The van der Waals surface area contributed by atoms with E-state index in [9.17, 15) is 9.59 Å². The normalized spacial score (nSPS) is 15.4. The van der Waals surface area contributed by atoms with Gasteiger partial charge < -0.3 is 19.7 Å². The molecule has 0 fully saturated rings. The number of nitrogens with one attached hydrogen (secondary N) is 1. The van der Waals surface area contributed by atoms with Crippen LogP contribution in [0.4, 0.5) is 0 Å². The van der Waals surface area contributed by atoms with Crippen molar-refractivity contribution >= 4 is 29.2 Å². The molecule has 31 heavy (non-hydrogen) atoms. The molecule has 0 aromatic carbocycles. The second-order valence-corrected chi connectivity index (χ2v) is 9.52. The molecule has 1 aliphatic heterocycles. The van der Waals surface area contributed by atoms with Crippen LogP contribution in [0, 0.1) is 5.92 Å². The van der Waals surface area contributed by atoms with Gasteiger partial charge in [-0.15, -0.1) is 21.5 Å². The molecule has 0 bridgehead atoms. The van der Waals surface area contributed by atoms with Gasteiger partial charge in [0.25, 0.3) is 0 Å². The summed E-state index contributed by atoms with van der Waals surface area (Å²) in [6.45, 7) is 6.40. The molecular formula is C22H32N6O2S. The molecule has 2 aromatic rings. The summed E-state index contributed by atoms with van der Waals surface area (Å²) in [5, 5.41) is 13.9. The summed E-state index contributed by atoms with van der Waals surface area (Å²) < 4.78 is 2.08. The second kappa shape index (κ2) is 10.7. The molecule has 2 amide bonds. The van der Waals surface area contributed by atoms with Crippen LogP contribution in [0.15, 0.2) is 23.6 Å². The molecule has 9 heteroatoms. The van der Waals surface area contributed by atoms with Gasteiger partial charge in [0.2, 0.25) is 11.8 Å². The minimum absolute atomic E-state index is 0.00618. The smallest absolute Gasteiger partial charge is 0.246 e. The van der Waals surface area contributed by atoms with Gasteiger partial charge >= 0.3 is 0 Å². The number of hydrogen-bond donors (Lipinski definition) is 1. The van der Waals surface area contributed by atoms with Crippen LogP contribution in [-0.2, 0) is 22.6 Å². The van der Waals surface area contributed by atoms with Gasteiger partial charge in [-0.2, -0.15) is 0 Å². The fraction of sp³-hybridized carbons (Fsp3) is 0.545. The molecule has 0 unspecified atom stereocenters. The Labute approximate surface area is 187 Å². The van der Waals surface area contributed by atoms with Crippen LogP contribution in [0.2, 0.25) is 0 Å². The first-order chi connectivity index (χ1) is 14.8. The van der Waals surface area contributed by atoms with Crippen molar-refractivity contribution in [2.24, 2.45) is 5.92 Å². The molecule has 3 heterocycles. The van der Waals surface area contributed by atoms with Gasteiger partial charge in [0.1, 0.15) is 5.82 Å². The van der Waals surface area contributed by atoms with Crippen LogP contribution in [0.3, 0.4) is 0 Å². The van der Waals surface area contributed by atoms with Crippen molar-refractivity contribution in [1.82, 2.24) is 29.9 Å². The molecule has 3 rings (SSSR count). The Hall–Kier alpha value is -2.52. The molecule has 8 nitrogen and oxygen atoms in total. The third kappa shape index (κ3) is 6.48. The zero-order chi connectivity index (χ0) is 22.4. The van der Waals surface area contributed by atoms with Crippen LogP contribution >= 0.6 is 11.3 Å². The minimum atomic E-state index is -0.199. The van der Waals surface area contributed by atoms with Crippen LogP contribution in [0.5, 0.6) is 0 Å². The van der Waals surface area contributed by atoms with Crippen molar-refractivity contribution in [3.8, 4) is 0 Å². The average molecular weight is 445 g/mol. The zero-order valence-electron chi connectivity index (χ0n) is 18.7. The maximum Gasteiger partial charge on any atom is 0.246 e. The van der Waals surface area contributed by atoms with Crippen LogP contribution in [0.25, 0.3) is 6.08 Å². The molecule has 0 radical (unpaired) electrons. The Morgan fingerprint density at radius 1 is 1.26 bits per heavy atom. The van der Waals surface area contributed by atoms with Crippen molar-refractivity contribution in [2.45, 2.75) is 39.3 Å². The van der Waals surface area contributed by atoms with E-state index in [-0.39, 0.29) is 17.9 Å². The van der Waals surface area contributed by atoms with Crippen LogP contribution < -0.4 is 5.32 Å². The summed E-state index contributed by atoms with van der Waals surface area (Å²) in [6.07, 6.45) is 4.93. The number of rotatable bonds is 8. The fourth-order valence-corrected chi connectivity index (χ4v) is 4.31. The second-order valence-electron chi connectivity index (χ2n) is 8.54. The van der Waals surface area contributed by atoms with Crippen molar-refractivity contribution in [3.63, 3.8) is 0 Å². The van der Waals surface area contributed by atoms with Gasteiger partial charge in [-0.05, 0) is 44.0 Å². The summed E-state index contributed by atoms with van der Waals surface area (Å²) in [7, 11) is 3.75. The molecule has 0 saturated heterocycles. The van der Waals surface area contributed by atoms with Gasteiger partial charge in [-0.1, -0.05) is 19.9 Å². The van der Waals surface area contributed by atoms with E-state index in [0.29, 0.717) is 38.5 Å². The van der Waals surface area contributed by atoms with Gasteiger partial charge in [0, 0.05) is 37.0 Å². The predicted molar refractivity (Wildman–Crippen MR) is 123 cm³/mol. The number of aromatic nitrogens is 3. The van der Waals surface area contributed by atoms with E-state index in [0.717, 1.165) is 22.9 Å². The molecule has 168 valence electrons. The van der Waals surface area contributed by atoms with Gasteiger partial charge in [-0.25, -0.2) is 0 Å². The van der Waals surface area contributed by atoms with E-state index in [4.69, 9.17) is 0 Å². The molecule has 0 spiro atoms. The van der Waals surface area contributed by atoms with Gasteiger partial charge in [0.05, 0.1) is 12.6 Å². The van der Waals surface area contributed by atoms with Crippen LogP contribution in [-0.4, -0.2) is 70.1 Å². The standard InChI is InChI=1S/C22H32N6O2S/c1-16(2)14-18(23-20(29)15-26(3)4)22-25-24-19-9-10-27(11-12-28(19)22)21(30)8-7-17-6-5-13-31-17/h5-8,13,16,18H,9-12,14-15H2,1-4H3,(H,23,29)/b8-7+/t18-/m0/s1. The number of hydrogen-bond acceptors (Lipinski definition) is 6. The number of likely N-dealkylation sites (N-methyl/N-ethyl adjacent to an activating group) is 1. The highest BCUT2D eigenvalue weighted by atomic mass is 32.1. The number of thiophene rings is 1. The maximum absolute atomic E-state index is 12.7. The van der Waals surface area contributed by atoms with Gasteiger partial charge in [-0.3, -0.25) is 9.59 Å². The molecule has 1 N–H and O–H groups in total. The molecule has 0 saturated carbocycles. The van der Waals surface area contributed by atoms with E-state index in [2.05, 4.69) is 33.9 Å². The molecule has 1 atom stereocenters. The third-order valence-electron chi connectivity index (χ3n) is 5.11. The Kier molecular flexibility index (Phi) is 7.97. The predicted octanol–water partition coefficient (Wildman–Crippen LogP) is 2.20. The Balaban J connectivity index is 1.71. The number of amides is 2. The zero-order valence-corrected chi connectivity index (χ0v) is 19.6. The largest absolute Gasteiger partial charge is 0.345 e. The minimum Gasteiger partial charge on any atom is -0.345 e. The summed E-state index contributed by atoms with van der Waals surface area (Å²) >= 11 is 1.61. The average Bonchev–Trinajstić information content (AvgIpc) is 3.30. The summed E-state index contributed by atoms with van der Waals surface area (Å²) in [4.78, 5) is 29.8. The van der Waals surface area contributed by atoms with Crippen LogP contribution in [0.1, 0.15) is 42.8 Å². The van der Waals surface area contributed by atoms with E-state index in [1.807, 2.05) is 47.5 Å². The summed E-state index contributed by atoms with van der Waals surface area (Å²) in [6, 6.07) is 3.76. The Bertz CT molecular complexity index is 903. The highest BCUT2D eigenvalue weighted by Gasteiger charge is 2.26. The number of nitrogens with zero attached hydrogens (tertiary/aromatic N) is 5. The molecule has 2 aromatic heterocycles. The lowest BCUT2D eigenvalue weighted by Crippen LogP contribution is -2.37. The van der Waals surface area contributed by atoms with E-state index >= 15 is 0 Å². The van der Waals surface area contributed by atoms with Crippen molar-refractivity contribution < 1.29 is 9.59 Å². The first-order valence-corrected chi connectivity index (χ1v) is 11.6. The van der Waals surface area contributed by atoms with Gasteiger partial charge in [0.15, 0.2) is 5.82 Å². The summed E-state index contributed by atoms with van der Waals surface area (Å²) in [5.74, 6) is 2.01. The van der Waals surface area contributed by atoms with Crippen molar-refractivity contribution in [1.29, 1.82) is 0 Å². The molecular weight excluding hydrogens is 412 g/mol. The lowest BCUT2D eigenvalue weighted by Gasteiger charge is -2.22. The van der Waals surface area contributed by atoms with E-state index in [1.54, 1.807) is 17.4 Å². The van der Waals surface area contributed by atoms with Crippen molar-refractivity contribution in [2.75, 3.05) is 33.7 Å². The van der Waals surface area contributed by atoms with E-state index < -0.39 is 0 Å². The van der Waals surface area contributed by atoms with Crippen molar-refractivity contribution in [3.05, 3.63) is 40.1 Å². The quantitative estimate of drug-likeness (QED) is 0.631. The highest BCUT2D eigenvalue weighted by molar-refractivity contribution is 7.10. The number of carbonyl (C=O) groups excluding carboxylic acids is 2. The lowest BCUT2D eigenvalue weighted by molar-refractivity contribution is -0.126. The first kappa shape index (κ1) is 23.1. The fourth-order valence-electron chi connectivity index (χ4n) is 3.70. The monoisotopic (exact) mass is 444 g/mol. The Morgan fingerprint density at radius 3 is 2.74 bits per heavy atom. The number of carbonyl (C=O) groups is 2. The van der Waals surface area contributed by atoms with E-state index in [1.165, 1.54) is 0 Å². The third-order valence-corrected chi connectivity index (χ3v) is 5.95. The summed E-state index contributed by atoms with van der Waals surface area (Å²) in [5.41, 5.74) is 0. The topological polar surface area (TPSA) is 83.4 Å². The molecule has 1 aliphatic rings.